The summed E-state index contributed by atoms with van der Waals surface area (Å²) in [6.07, 6.45) is 0. The molecule has 4 N–H and O–H groups in total. The molecule has 4 nitrogen and oxygen atoms in total. The first kappa shape index (κ1) is 12.1. The second kappa shape index (κ2) is 5.69. The standard InChI is InChI=1S/C7H6ClN3.C2H3N/c8-7-5(10)1-4(3-9)2-6(7)11;1-2-3/h1-2H,10-11H2;1H3. The van der Waals surface area contributed by atoms with Crippen LogP contribution in [0.4, 0.5) is 11.4 Å². The van der Waals surface area contributed by atoms with E-state index in [0.29, 0.717) is 22.0 Å². The van der Waals surface area contributed by atoms with E-state index >= 15 is 0 Å². The summed E-state index contributed by atoms with van der Waals surface area (Å²) < 4.78 is 0. The Morgan fingerprint density at radius 3 is 1.86 bits per heavy atom. The average molecular weight is 209 g/mol. The first-order valence-corrected chi connectivity index (χ1v) is 4.00. The molecule has 0 saturated heterocycles. The Bertz CT molecular complexity index is 377. The van der Waals surface area contributed by atoms with Gasteiger partial charge >= 0.3 is 0 Å². The predicted molar refractivity (Wildman–Crippen MR) is 56.3 cm³/mol. The van der Waals surface area contributed by atoms with Crippen LogP contribution in [-0.2, 0) is 0 Å². The molecule has 0 aromatic heterocycles. The van der Waals surface area contributed by atoms with Crippen LogP contribution in [0, 0.1) is 22.7 Å². The Kier molecular flexibility index (Phi) is 4.91. The molecule has 0 amide bonds. The third-order valence-corrected chi connectivity index (χ3v) is 1.69. The van der Waals surface area contributed by atoms with E-state index in [1.54, 1.807) is 6.07 Å². The summed E-state index contributed by atoms with van der Waals surface area (Å²) in [4.78, 5) is 0. The van der Waals surface area contributed by atoms with Crippen molar-refractivity contribution in [3.05, 3.63) is 22.7 Å². The molecule has 72 valence electrons. The number of halogens is 1. The Balaban J connectivity index is 0.000000500. The molecule has 0 fully saturated rings. The van der Waals surface area contributed by atoms with Gasteiger partial charge in [-0.05, 0) is 12.1 Å². The van der Waals surface area contributed by atoms with Crippen molar-refractivity contribution in [2.24, 2.45) is 0 Å². The number of nitrogen functional groups attached to an aromatic ring is 2. The monoisotopic (exact) mass is 208 g/mol. The van der Waals surface area contributed by atoms with E-state index in [9.17, 15) is 0 Å². The highest BCUT2D eigenvalue weighted by Gasteiger charge is 2.02. The molecule has 1 aromatic rings. The highest BCUT2D eigenvalue weighted by Crippen LogP contribution is 2.26. The topological polar surface area (TPSA) is 99.6 Å². The first-order valence-electron chi connectivity index (χ1n) is 3.62. The molecule has 5 heteroatoms. The van der Waals surface area contributed by atoms with Crippen LogP contribution in [0.5, 0.6) is 0 Å². The molecule has 0 unspecified atom stereocenters. The van der Waals surface area contributed by atoms with E-state index in [1.165, 1.54) is 19.1 Å². The molecule has 1 aromatic carbocycles. The normalized spacial score (nSPS) is 7.71. The van der Waals surface area contributed by atoms with E-state index in [4.69, 9.17) is 33.6 Å². The van der Waals surface area contributed by atoms with Gasteiger partial charge in [0.1, 0.15) is 0 Å². The van der Waals surface area contributed by atoms with Crippen LogP contribution in [0.15, 0.2) is 12.1 Å². The fourth-order valence-corrected chi connectivity index (χ4v) is 0.844. The van der Waals surface area contributed by atoms with Crippen molar-refractivity contribution in [1.29, 1.82) is 10.5 Å². The van der Waals surface area contributed by atoms with E-state index in [0.717, 1.165) is 0 Å². The van der Waals surface area contributed by atoms with Gasteiger partial charge in [0.2, 0.25) is 0 Å². The van der Waals surface area contributed by atoms with Crippen LogP contribution < -0.4 is 11.5 Å². The maximum Gasteiger partial charge on any atom is 0.0993 e. The molecular formula is C9H9ClN4. The van der Waals surface area contributed by atoms with Crippen molar-refractivity contribution >= 4 is 23.0 Å². The highest BCUT2D eigenvalue weighted by atomic mass is 35.5. The molecule has 0 aliphatic carbocycles. The van der Waals surface area contributed by atoms with Crippen molar-refractivity contribution in [3.63, 3.8) is 0 Å². The van der Waals surface area contributed by atoms with Gasteiger partial charge < -0.3 is 11.5 Å². The maximum atomic E-state index is 8.47. The van der Waals surface area contributed by atoms with Gasteiger partial charge in [0, 0.05) is 6.92 Å². The summed E-state index contributed by atoms with van der Waals surface area (Å²) in [7, 11) is 0. The Morgan fingerprint density at radius 2 is 1.57 bits per heavy atom. The summed E-state index contributed by atoms with van der Waals surface area (Å²) >= 11 is 5.65. The van der Waals surface area contributed by atoms with Crippen molar-refractivity contribution < 1.29 is 0 Å². The van der Waals surface area contributed by atoms with Crippen LogP contribution >= 0.6 is 11.6 Å². The van der Waals surface area contributed by atoms with E-state index in [-0.39, 0.29) is 0 Å². The number of hydrogen-bond acceptors (Lipinski definition) is 4. The van der Waals surface area contributed by atoms with Gasteiger partial charge in [-0.25, -0.2) is 0 Å². The number of benzene rings is 1. The molecule has 0 radical (unpaired) electrons. The second-order valence-corrected chi connectivity index (χ2v) is 2.68. The summed E-state index contributed by atoms with van der Waals surface area (Å²) in [5.41, 5.74) is 12.0. The fourth-order valence-electron chi connectivity index (χ4n) is 0.735. The molecule has 0 spiro atoms. The number of nitrogens with two attached hydrogens (primary N) is 2. The third-order valence-electron chi connectivity index (χ3n) is 1.26. The van der Waals surface area contributed by atoms with Gasteiger partial charge in [-0.3, -0.25) is 0 Å². The maximum absolute atomic E-state index is 8.47. The molecule has 0 atom stereocenters. The quantitative estimate of drug-likeness (QED) is 0.636. The smallest absolute Gasteiger partial charge is 0.0993 e. The lowest BCUT2D eigenvalue weighted by Gasteiger charge is -2.01. The zero-order valence-electron chi connectivity index (χ0n) is 7.58. The largest absolute Gasteiger partial charge is 0.397 e. The molecule has 0 saturated carbocycles. The summed E-state index contributed by atoms with van der Waals surface area (Å²) in [6, 6.07) is 6.64. The minimum Gasteiger partial charge on any atom is -0.397 e. The molecule has 0 bridgehead atoms. The minimum atomic E-state index is 0.309. The minimum absolute atomic E-state index is 0.309. The van der Waals surface area contributed by atoms with E-state index < -0.39 is 0 Å². The molecule has 0 heterocycles. The SMILES string of the molecule is CC#N.N#Cc1cc(N)c(Cl)c(N)c1. The number of anilines is 2. The Labute approximate surface area is 87.3 Å². The first-order chi connectivity index (χ1) is 6.56. The predicted octanol–water partition coefficient (Wildman–Crippen LogP) is 1.91. The highest BCUT2D eigenvalue weighted by molar-refractivity contribution is 6.35. The van der Waals surface area contributed by atoms with Crippen LogP contribution in [0.2, 0.25) is 5.02 Å². The number of nitriles is 2. The summed E-state index contributed by atoms with van der Waals surface area (Å²) in [6.45, 7) is 1.43. The lowest BCUT2D eigenvalue weighted by atomic mass is 10.2. The number of rotatable bonds is 0. The van der Waals surface area contributed by atoms with Gasteiger partial charge in [-0.1, -0.05) is 11.6 Å². The molecule has 0 aliphatic rings. The zero-order chi connectivity index (χ0) is 11.1. The van der Waals surface area contributed by atoms with Gasteiger partial charge in [-0.15, -0.1) is 0 Å². The summed E-state index contributed by atoms with van der Waals surface area (Å²) in [5, 5.41) is 16.1. The molecular weight excluding hydrogens is 200 g/mol. The molecule has 0 aliphatic heterocycles. The van der Waals surface area contributed by atoms with Gasteiger partial charge in [-0.2, -0.15) is 10.5 Å². The van der Waals surface area contributed by atoms with Crippen LogP contribution in [0.1, 0.15) is 12.5 Å². The lowest BCUT2D eigenvalue weighted by molar-refractivity contribution is 1.48. The van der Waals surface area contributed by atoms with E-state index in [1.807, 2.05) is 6.07 Å². The Morgan fingerprint density at radius 1 is 1.21 bits per heavy atom. The molecule has 14 heavy (non-hydrogen) atoms. The van der Waals surface area contributed by atoms with Crippen molar-refractivity contribution in [1.82, 2.24) is 0 Å². The fraction of sp³-hybridized carbons (Fsp3) is 0.111. The van der Waals surface area contributed by atoms with Crippen LogP contribution in [0.25, 0.3) is 0 Å². The Hall–Kier alpha value is -1.91. The van der Waals surface area contributed by atoms with Crippen LogP contribution in [-0.4, -0.2) is 0 Å². The molecule has 1 rings (SSSR count). The van der Waals surface area contributed by atoms with Crippen molar-refractivity contribution in [3.8, 4) is 12.1 Å². The third kappa shape index (κ3) is 3.22. The lowest BCUT2D eigenvalue weighted by Crippen LogP contribution is -1.93. The van der Waals surface area contributed by atoms with Crippen molar-refractivity contribution in [2.45, 2.75) is 6.92 Å². The second-order valence-electron chi connectivity index (χ2n) is 2.30. The number of nitrogens with zero attached hydrogens (tertiary/aromatic N) is 2. The van der Waals surface area contributed by atoms with Gasteiger partial charge in [0.15, 0.2) is 0 Å². The average Bonchev–Trinajstić information content (AvgIpc) is 2.14. The summed E-state index contributed by atoms with van der Waals surface area (Å²) in [5.74, 6) is 0. The van der Waals surface area contributed by atoms with E-state index in [2.05, 4.69) is 0 Å². The van der Waals surface area contributed by atoms with Gasteiger partial charge in [0.25, 0.3) is 0 Å². The van der Waals surface area contributed by atoms with Crippen molar-refractivity contribution in [2.75, 3.05) is 11.5 Å². The zero-order valence-corrected chi connectivity index (χ0v) is 8.34. The van der Waals surface area contributed by atoms with Gasteiger partial charge in [0.05, 0.1) is 34.1 Å². The van der Waals surface area contributed by atoms with Crippen LogP contribution in [0.3, 0.4) is 0 Å². The number of hydrogen-bond donors (Lipinski definition) is 2.